The molecule has 112 valence electrons. The van der Waals surface area contributed by atoms with Crippen LogP contribution in [0.5, 0.6) is 5.75 Å². The molecule has 0 radical (unpaired) electrons. The van der Waals surface area contributed by atoms with Crippen molar-refractivity contribution >= 4 is 18.3 Å². The lowest BCUT2D eigenvalue weighted by molar-refractivity contribution is -0.134. The zero-order chi connectivity index (χ0) is 13.5. The molecule has 1 aliphatic rings. The van der Waals surface area contributed by atoms with Gasteiger partial charge in [0.2, 0.25) is 0 Å². The Hall–Kier alpha value is -1.26. The fourth-order valence-electron chi connectivity index (χ4n) is 2.36. The molecular weight excluding hydrogens is 276 g/mol. The SMILES string of the molecule is CN(C(=O)COc1ccccc1)C1CCCNCC1.Cl. The fraction of sp³-hybridized carbons (Fsp3) is 0.533. The largest absolute Gasteiger partial charge is 0.484 e. The Morgan fingerprint density at radius 1 is 1.30 bits per heavy atom. The minimum atomic E-state index is 0. The smallest absolute Gasteiger partial charge is 0.260 e. The van der Waals surface area contributed by atoms with E-state index in [0.29, 0.717) is 6.04 Å². The lowest BCUT2D eigenvalue weighted by atomic mass is 10.1. The van der Waals surface area contributed by atoms with Crippen LogP contribution in [0, 0.1) is 0 Å². The van der Waals surface area contributed by atoms with E-state index in [2.05, 4.69) is 5.32 Å². The van der Waals surface area contributed by atoms with Gasteiger partial charge in [-0.15, -0.1) is 12.4 Å². The third-order valence-electron chi connectivity index (χ3n) is 3.59. The molecule has 1 fully saturated rings. The van der Waals surface area contributed by atoms with E-state index in [1.165, 1.54) is 0 Å². The van der Waals surface area contributed by atoms with Crippen LogP contribution in [0.1, 0.15) is 19.3 Å². The zero-order valence-corrected chi connectivity index (χ0v) is 12.7. The molecular formula is C15H23ClN2O2. The van der Waals surface area contributed by atoms with Gasteiger partial charge in [-0.1, -0.05) is 18.2 Å². The average molecular weight is 299 g/mol. The molecule has 0 aromatic heterocycles. The minimum Gasteiger partial charge on any atom is -0.484 e. The first-order valence-corrected chi connectivity index (χ1v) is 6.91. The van der Waals surface area contributed by atoms with Crippen molar-refractivity contribution in [1.82, 2.24) is 10.2 Å². The van der Waals surface area contributed by atoms with Gasteiger partial charge in [-0.25, -0.2) is 0 Å². The van der Waals surface area contributed by atoms with Gasteiger partial charge in [-0.05, 0) is 44.5 Å². The highest BCUT2D eigenvalue weighted by molar-refractivity contribution is 5.85. The highest BCUT2D eigenvalue weighted by Gasteiger charge is 2.21. The highest BCUT2D eigenvalue weighted by atomic mass is 35.5. The maximum absolute atomic E-state index is 12.1. The van der Waals surface area contributed by atoms with E-state index in [9.17, 15) is 4.79 Å². The Bertz CT molecular complexity index is 392. The van der Waals surface area contributed by atoms with Crippen LogP contribution in [-0.2, 0) is 4.79 Å². The second kappa shape index (κ2) is 8.82. The summed E-state index contributed by atoms with van der Waals surface area (Å²) >= 11 is 0. The number of hydrogen-bond acceptors (Lipinski definition) is 3. The number of para-hydroxylation sites is 1. The number of rotatable bonds is 4. The maximum Gasteiger partial charge on any atom is 0.260 e. The third-order valence-corrected chi connectivity index (χ3v) is 3.59. The summed E-state index contributed by atoms with van der Waals surface area (Å²) in [7, 11) is 1.88. The first-order chi connectivity index (χ1) is 9.27. The van der Waals surface area contributed by atoms with Crippen LogP contribution in [0.3, 0.4) is 0 Å². The van der Waals surface area contributed by atoms with Crippen molar-refractivity contribution in [3.8, 4) is 5.75 Å². The van der Waals surface area contributed by atoms with Crippen LogP contribution in [-0.4, -0.2) is 43.6 Å². The first kappa shape index (κ1) is 16.8. The molecule has 0 bridgehead atoms. The zero-order valence-electron chi connectivity index (χ0n) is 11.9. The number of ether oxygens (including phenoxy) is 1. The summed E-state index contributed by atoms with van der Waals surface area (Å²) in [6.45, 7) is 2.16. The molecule has 0 aliphatic carbocycles. The van der Waals surface area contributed by atoms with Crippen LogP contribution in [0.2, 0.25) is 0 Å². The lowest BCUT2D eigenvalue weighted by Gasteiger charge is -2.27. The molecule has 1 N–H and O–H groups in total. The maximum atomic E-state index is 12.1. The second-order valence-electron chi connectivity index (χ2n) is 4.94. The molecule has 1 saturated heterocycles. The van der Waals surface area contributed by atoms with Crippen LogP contribution in [0.15, 0.2) is 30.3 Å². The van der Waals surface area contributed by atoms with Crippen molar-refractivity contribution in [3.05, 3.63) is 30.3 Å². The molecule has 20 heavy (non-hydrogen) atoms. The van der Waals surface area contributed by atoms with Gasteiger partial charge >= 0.3 is 0 Å². The van der Waals surface area contributed by atoms with E-state index in [0.717, 1.165) is 38.1 Å². The van der Waals surface area contributed by atoms with Crippen LogP contribution in [0.25, 0.3) is 0 Å². The monoisotopic (exact) mass is 298 g/mol. The van der Waals surface area contributed by atoms with Gasteiger partial charge in [0.15, 0.2) is 6.61 Å². The number of nitrogens with zero attached hydrogens (tertiary/aromatic N) is 1. The number of halogens is 1. The summed E-state index contributed by atoms with van der Waals surface area (Å²) in [4.78, 5) is 14.0. The van der Waals surface area contributed by atoms with Gasteiger partial charge < -0.3 is 15.0 Å². The standard InChI is InChI=1S/C15H22N2O2.ClH/c1-17(13-6-5-10-16-11-9-13)15(18)12-19-14-7-3-2-4-8-14;/h2-4,7-8,13,16H,5-6,9-12H2,1H3;1H. The van der Waals surface area contributed by atoms with E-state index in [4.69, 9.17) is 4.74 Å². The summed E-state index contributed by atoms with van der Waals surface area (Å²) in [6.07, 6.45) is 3.22. The quantitative estimate of drug-likeness (QED) is 0.925. The molecule has 2 rings (SSSR count). The van der Waals surface area contributed by atoms with Crippen LogP contribution < -0.4 is 10.1 Å². The molecule has 1 unspecified atom stereocenters. The van der Waals surface area contributed by atoms with Gasteiger partial charge in [0.25, 0.3) is 5.91 Å². The predicted octanol–water partition coefficient (Wildman–Crippen LogP) is 2.09. The number of carbonyl (C=O) groups excluding carboxylic acids is 1. The van der Waals surface area contributed by atoms with Crippen molar-refractivity contribution in [2.24, 2.45) is 0 Å². The average Bonchev–Trinajstić information content (AvgIpc) is 2.74. The molecule has 0 saturated carbocycles. The summed E-state index contributed by atoms with van der Waals surface area (Å²) < 4.78 is 5.50. The topological polar surface area (TPSA) is 41.6 Å². The lowest BCUT2D eigenvalue weighted by Crippen LogP contribution is -2.40. The Morgan fingerprint density at radius 2 is 2.05 bits per heavy atom. The second-order valence-corrected chi connectivity index (χ2v) is 4.94. The van der Waals surface area contributed by atoms with E-state index in [-0.39, 0.29) is 24.9 Å². The Labute approximate surface area is 126 Å². The molecule has 1 atom stereocenters. The molecule has 1 aromatic carbocycles. The number of carbonyl (C=O) groups is 1. The number of amides is 1. The molecule has 1 aromatic rings. The van der Waals surface area contributed by atoms with Crippen LogP contribution in [0.4, 0.5) is 0 Å². The molecule has 1 heterocycles. The van der Waals surface area contributed by atoms with Gasteiger partial charge in [0.1, 0.15) is 5.75 Å². The highest BCUT2D eigenvalue weighted by Crippen LogP contribution is 2.13. The molecule has 0 spiro atoms. The van der Waals surface area contributed by atoms with Crippen molar-refractivity contribution in [2.45, 2.75) is 25.3 Å². The van der Waals surface area contributed by atoms with E-state index in [1.54, 1.807) is 0 Å². The van der Waals surface area contributed by atoms with Crippen molar-refractivity contribution in [2.75, 3.05) is 26.7 Å². The molecule has 1 amide bonds. The summed E-state index contributed by atoms with van der Waals surface area (Å²) in [5.74, 6) is 0.794. The Balaban J connectivity index is 0.00000200. The first-order valence-electron chi connectivity index (χ1n) is 6.91. The number of hydrogen-bond donors (Lipinski definition) is 1. The Morgan fingerprint density at radius 3 is 2.80 bits per heavy atom. The van der Waals surface area contributed by atoms with E-state index < -0.39 is 0 Å². The van der Waals surface area contributed by atoms with Gasteiger partial charge in [-0.2, -0.15) is 0 Å². The third kappa shape index (κ3) is 5.02. The van der Waals surface area contributed by atoms with Crippen LogP contribution >= 0.6 is 12.4 Å². The van der Waals surface area contributed by atoms with Crippen molar-refractivity contribution < 1.29 is 9.53 Å². The number of likely N-dealkylation sites (N-methyl/N-ethyl adjacent to an activating group) is 1. The van der Waals surface area contributed by atoms with Gasteiger partial charge in [-0.3, -0.25) is 4.79 Å². The number of nitrogens with one attached hydrogen (secondary N) is 1. The van der Waals surface area contributed by atoms with Crippen molar-refractivity contribution in [3.63, 3.8) is 0 Å². The Kier molecular flexibility index (Phi) is 7.41. The van der Waals surface area contributed by atoms with E-state index >= 15 is 0 Å². The minimum absolute atomic E-state index is 0. The summed E-state index contributed by atoms with van der Waals surface area (Å²) in [5.41, 5.74) is 0. The van der Waals surface area contributed by atoms with Gasteiger partial charge in [0, 0.05) is 13.1 Å². The number of benzene rings is 1. The summed E-state index contributed by atoms with van der Waals surface area (Å²) in [5, 5.41) is 3.36. The molecule has 1 aliphatic heterocycles. The normalized spacial score (nSPS) is 18.6. The molecule has 5 heteroatoms. The fourth-order valence-corrected chi connectivity index (χ4v) is 2.36. The predicted molar refractivity (Wildman–Crippen MR) is 82.5 cm³/mol. The van der Waals surface area contributed by atoms with Gasteiger partial charge in [0.05, 0.1) is 0 Å². The summed E-state index contributed by atoms with van der Waals surface area (Å²) in [6, 6.07) is 9.80. The molecule has 4 nitrogen and oxygen atoms in total. The van der Waals surface area contributed by atoms with Crippen molar-refractivity contribution in [1.29, 1.82) is 0 Å². The van der Waals surface area contributed by atoms with E-state index in [1.807, 2.05) is 42.3 Å².